The molecular weight excluding hydrogens is 628 g/mol. The lowest BCUT2D eigenvalue weighted by molar-refractivity contribution is -0.00987. The largest absolute Gasteiger partial charge is 0.306 e. The molecule has 0 aliphatic carbocycles. The Morgan fingerprint density at radius 3 is 1.90 bits per heavy atom. The maximum Gasteiger partial charge on any atom is 0.262 e. The molecule has 0 radical (unpaired) electrons. The Hall–Kier alpha value is -4.90. The molecule has 1 N–H and O–H groups in total. The van der Waals surface area contributed by atoms with Gasteiger partial charge in [-0.2, -0.15) is 0 Å². The van der Waals surface area contributed by atoms with Crippen molar-refractivity contribution in [3.8, 4) is 5.69 Å². The Kier molecular flexibility index (Phi) is 7.90. The molecule has 1 aromatic heterocycles. The maximum atomic E-state index is 14.2. The van der Waals surface area contributed by atoms with Crippen LogP contribution in [-0.4, -0.2) is 72.4 Å². The molecule has 0 fully saturated rings. The number of imide groups is 2. The van der Waals surface area contributed by atoms with Crippen LogP contribution in [0, 0.1) is 0 Å². The second-order valence-corrected chi connectivity index (χ2v) is 13.0. The maximum absolute atomic E-state index is 14.2. The third-order valence-corrected chi connectivity index (χ3v) is 9.88. The minimum Gasteiger partial charge on any atom is -0.306 e. The first-order valence-corrected chi connectivity index (χ1v) is 16.5. The number of nitrogens with one attached hydrogen (secondary N) is 1. The quantitative estimate of drug-likeness (QED) is 0.143. The van der Waals surface area contributed by atoms with Crippen LogP contribution in [0.5, 0.6) is 0 Å². The van der Waals surface area contributed by atoms with E-state index in [2.05, 4.69) is 10.3 Å². The van der Waals surface area contributed by atoms with Gasteiger partial charge in [0.25, 0.3) is 23.6 Å². The van der Waals surface area contributed by atoms with Crippen molar-refractivity contribution in [2.24, 2.45) is 0 Å². The number of amides is 4. The van der Waals surface area contributed by atoms with Crippen LogP contribution in [0.4, 0.5) is 0 Å². The number of rotatable bonds is 9. The number of carbonyl (C=O) groups excluding carboxylic acids is 4. The summed E-state index contributed by atoms with van der Waals surface area (Å²) in [5.41, 5.74) is 2.55. The average Bonchev–Trinajstić information content (AvgIpc) is 3.61. The van der Waals surface area contributed by atoms with Crippen molar-refractivity contribution in [1.29, 1.82) is 0 Å². The van der Waals surface area contributed by atoms with E-state index in [0.717, 1.165) is 11.1 Å². The third kappa shape index (κ3) is 4.74. The van der Waals surface area contributed by atoms with Gasteiger partial charge in [-0.25, -0.2) is 4.98 Å². The van der Waals surface area contributed by atoms with Gasteiger partial charge in [0.15, 0.2) is 0 Å². The van der Waals surface area contributed by atoms with Gasteiger partial charge in [0.2, 0.25) is 0 Å². The van der Waals surface area contributed by atoms with E-state index in [1.54, 1.807) is 61.9 Å². The Labute approximate surface area is 282 Å². The molecule has 3 atom stereocenters. The molecule has 0 spiro atoms. The summed E-state index contributed by atoms with van der Waals surface area (Å²) in [4.78, 5) is 64.8. The van der Waals surface area contributed by atoms with Gasteiger partial charge < -0.3 is 4.57 Å². The van der Waals surface area contributed by atoms with Crippen LogP contribution in [0.25, 0.3) is 27.2 Å². The van der Waals surface area contributed by atoms with E-state index in [0.29, 0.717) is 49.9 Å². The molecule has 0 saturated heterocycles. The van der Waals surface area contributed by atoms with E-state index in [4.69, 9.17) is 11.6 Å². The zero-order valence-corrected chi connectivity index (χ0v) is 28.0. The molecule has 4 aromatic carbocycles. The van der Waals surface area contributed by atoms with E-state index in [-0.39, 0.29) is 17.9 Å². The fraction of sp³-hybridized carbons (Fsp3) is 0.270. The average molecular weight is 663 g/mol. The van der Waals surface area contributed by atoms with Crippen LogP contribution in [0.3, 0.4) is 0 Å². The summed E-state index contributed by atoms with van der Waals surface area (Å²) >= 11 is 6.41. The van der Waals surface area contributed by atoms with Gasteiger partial charge in [-0.05, 0) is 70.5 Å². The summed E-state index contributed by atoms with van der Waals surface area (Å²) in [7, 11) is 0. The van der Waals surface area contributed by atoms with Crippen LogP contribution in [0.1, 0.15) is 82.5 Å². The Bertz CT molecular complexity index is 2100. The van der Waals surface area contributed by atoms with Gasteiger partial charge >= 0.3 is 0 Å². The molecule has 5 aromatic rings. The number of halogens is 1. The minimum atomic E-state index is -0.716. The van der Waals surface area contributed by atoms with E-state index in [1.165, 1.54) is 9.80 Å². The summed E-state index contributed by atoms with van der Waals surface area (Å²) in [5, 5.41) is 6.59. The fourth-order valence-electron chi connectivity index (χ4n) is 7.45. The van der Waals surface area contributed by atoms with Crippen LogP contribution in [0.2, 0.25) is 5.02 Å². The van der Waals surface area contributed by atoms with Gasteiger partial charge in [0.05, 0.1) is 30.5 Å². The SMILES string of the molecule is CCC(NC(C)N1C(=O)c2cccc3c(Cl)ccc(c23)C1=O)N(C(C)C)C(C)N1C(=O)c2cccc3c(-n4ccnc4)ccc(c23)C1=O. The molecule has 2 aliphatic heterocycles. The van der Waals surface area contributed by atoms with E-state index in [1.807, 2.05) is 61.6 Å². The topological polar surface area (TPSA) is 108 Å². The summed E-state index contributed by atoms with van der Waals surface area (Å²) in [5.74, 6) is -1.60. The Balaban J connectivity index is 1.20. The predicted octanol–water partition coefficient (Wildman–Crippen LogP) is 6.45. The first-order valence-electron chi connectivity index (χ1n) is 16.1. The van der Waals surface area contributed by atoms with Crippen molar-refractivity contribution >= 4 is 56.8 Å². The normalized spacial score (nSPS) is 16.5. The van der Waals surface area contributed by atoms with E-state index < -0.39 is 30.3 Å². The van der Waals surface area contributed by atoms with Crippen LogP contribution < -0.4 is 5.32 Å². The Morgan fingerprint density at radius 1 is 0.750 bits per heavy atom. The lowest BCUT2D eigenvalue weighted by atomic mass is 9.92. The van der Waals surface area contributed by atoms with Crippen molar-refractivity contribution in [1.82, 2.24) is 29.6 Å². The first kappa shape index (κ1) is 31.7. The van der Waals surface area contributed by atoms with Crippen LogP contribution >= 0.6 is 11.6 Å². The summed E-state index contributed by atoms with van der Waals surface area (Å²) in [6.07, 6.45) is 3.94. The summed E-state index contributed by atoms with van der Waals surface area (Å²) < 4.78 is 1.86. The van der Waals surface area contributed by atoms with Crippen molar-refractivity contribution in [2.75, 3.05) is 0 Å². The Morgan fingerprint density at radius 2 is 1.31 bits per heavy atom. The number of hydrogen-bond acceptors (Lipinski definition) is 7. The molecule has 48 heavy (non-hydrogen) atoms. The zero-order valence-electron chi connectivity index (χ0n) is 27.3. The van der Waals surface area contributed by atoms with Crippen molar-refractivity contribution in [2.45, 2.75) is 65.6 Å². The molecule has 2 aliphatic rings. The lowest BCUT2D eigenvalue weighted by Gasteiger charge is -2.46. The number of carbonyl (C=O) groups is 4. The number of nitrogens with zero attached hydrogens (tertiary/aromatic N) is 5. The van der Waals surface area contributed by atoms with Gasteiger partial charge in [-0.1, -0.05) is 42.8 Å². The highest BCUT2D eigenvalue weighted by Crippen LogP contribution is 2.37. The highest BCUT2D eigenvalue weighted by molar-refractivity contribution is 6.38. The van der Waals surface area contributed by atoms with Crippen LogP contribution in [-0.2, 0) is 0 Å². The number of aromatic nitrogens is 2. The predicted molar refractivity (Wildman–Crippen MR) is 184 cm³/mol. The van der Waals surface area contributed by atoms with Crippen molar-refractivity contribution in [3.05, 3.63) is 107 Å². The number of hydrogen-bond donors (Lipinski definition) is 1. The molecule has 244 valence electrons. The standard InChI is InChI=1S/C37H35ClN6O4/c1-6-31(40-21(4)43-34(45)25-11-7-9-23-29(38)15-13-27(32(23)25)35(43)46)42(20(2)3)22(5)44-36(47)26-12-8-10-24-30(41-18-17-39-19-41)16-14-28(33(24)26)37(44)48/h7-22,31,40H,6H2,1-5H3. The summed E-state index contributed by atoms with van der Waals surface area (Å²) in [6.45, 7) is 9.59. The van der Waals surface area contributed by atoms with E-state index in [9.17, 15) is 19.2 Å². The van der Waals surface area contributed by atoms with E-state index >= 15 is 0 Å². The molecule has 3 unspecified atom stereocenters. The summed E-state index contributed by atoms with van der Waals surface area (Å²) in [6, 6.07) is 17.6. The molecule has 0 bridgehead atoms. The van der Waals surface area contributed by atoms with Crippen molar-refractivity contribution < 1.29 is 19.2 Å². The number of benzene rings is 4. The van der Waals surface area contributed by atoms with Gasteiger partial charge in [-0.3, -0.25) is 39.2 Å². The highest BCUT2D eigenvalue weighted by Gasteiger charge is 2.42. The third-order valence-electron chi connectivity index (χ3n) is 9.55. The molecule has 10 nitrogen and oxygen atoms in total. The highest BCUT2D eigenvalue weighted by atomic mass is 35.5. The van der Waals surface area contributed by atoms with Gasteiger partial charge in [0, 0.05) is 67.3 Å². The molecular formula is C37H35ClN6O4. The first-order chi connectivity index (χ1) is 23.0. The molecule has 7 rings (SSSR count). The van der Waals surface area contributed by atoms with Gasteiger partial charge in [0.1, 0.15) is 0 Å². The molecule has 4 amide bonds. The second kappa shape index (κ2) is 12.0. The second-order valence-electron chi connectivity index (χ2n) is 12.6. The number of imidazole rings is 1. The fourth-order valence-corrected chi connectivity index (χ4v) is 7.67. The van der Waals surface area contributed by atoms with Crippen LogP contribution in [0.15, 0.2) is 79.4 Å². The molecule has 11 heteroatoms. The monoisotopic (exact) mass is 662 g/mol. The van der Waals surface area contributed by atoms with Gasteiger partial charge in [-0.15, -0.1) is 0 Å². The lowest BCUT2D eigenvalue weighted by Crippen LogP contribution is -2.64. The molecule has 3 heterocycles. The smallest absolute Gasteiger partial charge is 0.262 e. The zero-order chi connectivity index (χ0) is 34.0. The molecule has 0 saturated carbocycles. The van der Waals surface area contributed by atoms with Crippen molar-refractivity contribution in [3.63, 3.8) is 0 Å². The minimum absolute atomic E-state index is 0.129.